The Hall–Kier alpha value is -2.24. The van der Waals surface area contributed by atoms with E-state index in [2.05, 4.69) is 5.16 Å². The minimum Gasteiger partial charge on any atom is -0.844 e. The van der Waals surface area contributed by atoms with Crippen LogP contribution in [0.2, 0.25) is 0 Å². The van der Waals surface area contributed by atoms with E-state index in [0.717, 1.165) is 18.4 Å². The minimum absolute atomic E-state index is 0.193. The molecule has 20 heavy (non-hydrogen) atoms. The van der Waals surface area contributed by atoms with Crippen molar-refractivity contribution in [2.24, 2.45) is 5.16 Å². The number of benzene rings is 1. The molecule has 1 atom stereocenters. The van der Waals surface area contributed by atoms with Gasteiger partial charge < -0.3 is 20.0 Å². The molecular weight excluding hydrogens is 260 g/mol. The van der Waals surface area contributed by atoms with Crippen LogP contribution in [-0.4, -0.2) is 34.6 Å². The van der Waals surface area contributed by atoms with E-state index in [1.807, 2.05) is 30.3 Å². The van der Waals surface area contributed by atoms with Crippen LogP contribution in [0.15, 0.2) is 35.5 Å². The smallest absolute Gasteiger partial charge is 0.326 e. The second kappa shape index (κ2) is 6.79. The molecule has 6 nitrogen and oxygen atoms in total. The lowest BCUT2D eigenvalue weighted by Gasteiger charge is -2.37. The average molecular weight is 277 g/mol. The first-order valence-electron chi connectivity index (χ1n) is 6.59. The molecule has 0 spiro atoms. The van der Waals surface area contributed by atoms with Crippen molar-refractivity contribution in [3.63, 3.8) is 0 Å². The molecule has 1 aliphatic rings. The van der Waals surface area contributed by atoms with Gasteiger partial charge in [0.15, 0.2) is 0 Å². The molecule has 0 saturated carbocycles. The molecule has 1 heterocycles. The molecule has 0 aromatic heterocycles. The number of likely N-dealkylation sites (tertiary alicyclic amines) is 1. The van der Waals surface area contributed by atoms with Gasteiger partial charge >= 0.3 is 5.97 Å². The number of hydrogen-bond donors (Lipinski definition) is 1. The number of hydrogen-bond acceptors (Lipinski definition) is 4. The maximum atomic E-state index is 11.9. The lowest BCUT2D eigenvalue weighted by molar-refractivity contribution is -0.244. The van der Waals surface area contributed by atoms with Gasteiger partial charge in [-0.15, -0.1) is 0 Å². The van der Waals surface area contributed by atoms with Crippen molar-refractivity contribution in [2.75, 3.05) is 6.54 Å². The number of piperidine rings is 1. The van der Waals surface area contributed by atoms with E-state index in [1.54, 1.807) is 0 Å². The number of amidine groups is 1. The Bertz CT molecular complexity index is 475. The molecular formula is C14H17N2O4-. The van der Waals surface area contributed by atoms with Gasteiger partial charge in [0, 0.05) is 6.54 Å². The highest BCUT2D eigenvalue weighted by Crippen LogP contribution is 2.16. The third kappa shape index (κ3) is 3.63. The maximum Gasteiger partial charge on any atom is 0.326 e. The molecule has 0 aliphatic carbocycles. The zero-order valence-corrected chi connectivity index (χ0v) is 11.1. The second-order valence-corrected chi connectivity index (χ2v) is 4.68. The van der Waals surface area contributed by atoms with Crippen LogP contribution in [0.4, 0.5) is 0 Å². The van der Waals surface area contributed by atoms with Crippen LogP contribution in [0.1, 0.15) is 24.8 Å². The zero-order valence-electron chi connectivity index (χ0n) is 11.1. The van der Waals surface area contributed by atoms with Crippen molar-refractivity contribution >= 4 is 12.0 Å². The number of oxime groups is 1. The molecule has 1 aromatic carbocycles. The number of rotatable bonds is 4. The van der Waals surface area contributed by atoms with E-state index in [-0.39, 0.29) is 6.61 Å². The largest absolute Gasteiger partial charge is 0.844 e. The van der Waals surface area contributed by atoms with E-state index in [1.165, 1.54) is 4.90 Å². The summed E-state index contributed by atoms with van der Waals surface area (Å²) in [5, 5.41) is 24.5. The van der Waals surface area contributed by atoms with E-state index < -0.39 is 18.0 Å². The summed E-state index contributed by atoms with van der Waals surface area (Å²) in [7, 11) is 0. The van der Waals surface area contributed by atoms with Gasteiger partial charge in [-0.1, -0.05) is 35.5 Å². The Morgan fingerprint density at radius 1 is 1.40 bits per heavy atom. The van der Waals surface area contributed by atoms with Crippen LogP contribution < -0.4 is 5.11 Å². The summed E-state index contributed by atoms with van der Waals surface area (Å²) >= 11 is 0. The summed E-state index contributed by atoms with van der Waals surface area (Å²) < 4.78 is 0. The fourth-order valence-corrected chi connectivity index (χ4v) is 2.21. The third-order valence-electron chi connectivity index (χ3n) is 3.25. The molecule has 6 heteroatoms. The highest BCUT2D eigenvalue weighted by Gasteiger charge is 2.27. The molecule has 1 aliphatic heterocycles. The van der Waals surface area contributed by atoms with Gasteiger partial charge in [-0.2, -0.15) is 0 Å². The monoisotopic (exact) mass is 277 g/mol. The first-order valence-corrected chi connectivity index (χ1v) is 6.59. The average Bonchev–Trinajstić information content (AvgIpc) is 2.48. The van der Waals surface area contributed by atoms with Gasteiger partial charge in [0.1, 0.15) is 12.6 Å². The molecule has 2 rings (SSSR count). The molecule has 1 saturated heterocycles. The lowest BCUT2D eigenvalue weighted by atomic mass is 10.0. The van der Waals surface area contributed by atoms with E-state index in [9.17, 15) is 9.90 Å². The van der Waals surface area contributed by atoms with Gasteiger partial charge in [-0.25, -0.2) is 4.79 Å². The molecule has 0 amide bonds. The van der Waals surface area contributed by atoms with E-state index in [4.69, 9.17) is 9.94 Å². The first-order chi connectivity index (χ1) is 9.68. The van der Waals surface area contributed by atoms with Gasteiger partial charge in [-0.05, 0) is 24.8 Å². The van der Waals surface area contributed by atoms with Crippen LogP contribution >= 0.6 is 0 Å². The summed E-state index contributed by atoms with van der Waals surface area (Å²) in [5.74, 6) is -0.990. The quantitative estimate of drug-likeness (QED) is 0.499. The highest BCUT2D eigenvalue weighted by molar-refractivity contribution is 5.80. The van der Waals surface area contributed by atoms with Crippen molar-refractivity contribution in [1.29, 1.82) is 0 Å². The second-order valence-electron chi connectivity index (χ2n) is 4.68. The Morgan fingerprint density at radius 2 is 2.15 bits per heavy atom. The summed E-state index contributed by atoms with van der Waals surface area (Å²) in [6, 6.07) is 7.93. The number of aliphatic carboxylic acids is 1. The Labute approximate surface area is 117 Å². The van der Waals surface area contributed by atoms with Crippen molar-refractivity contribution in [3.05, 3.63) is 35.9 Å². The van der Waals surface area contributed by atoms with Crippen molar-refractivity contribution in [3.8, 4) is 0 Å². The number of carboxylic acids is 1. The Morgan fingerprint density at radius 3 is 2.85 bits per heavy atom. The summed E-state index contributed by atoms with van der Waals surface area (Å²) in [6.07, 6.45) is 2.07. The minimum atomic E-state index is -0.990. The molecule has 0 bridgehead atoms. The molecule has 1 aromatic rings. The van der Waals surface area contributed by atoms with Gasteiger partial charge in [-0.3, -0.25) is 0 Å². The molecule has 108 valence electrons. The summed E-state index contributed by atoms with van der Waals surface area (Å²) in [5.41, 5.74) is 0.900. The number of carboxylic acid groups (broad SMARTS) is 1. The fraction of sp³-hybridized carbons (Fsp3) is 0.429. The third-order valence-corrected chi connectivity index (χ3v) is 3.25. The number of carbonyl (C=O) groups is 1. The predicted molar refractivity (Wildman–Crippen MR) is 70.6 cm³/mol. The van der Waals surface area contributed by atoms with Crippen molar-refractivity contribution in [1.82, 2.24) is 4.90 Å². The molecule has 0 radical (unpaired) electrons. The molecule has 1 N–H and O–H groups in total. The topological polar surface area (TPSA) is 85.2 Å². The van der Waals surface area contributed by atoms with Crippen LogP contribution in [0.5, 0.6) is 0 Å². The zero-order chi connectivity index (χ0) is 14.4. The van der Waals surface area contributed by atoms with Crippen LogP contribution in [0, 0.1) is 0 Å². The highest BCUT2D eigenvalue weighted by atomic mass is 16.6. The fourth-order valence-electron chi connectivity index (χ4n) is 2.21. The predicted octanol–water partition coefficient (Wildman–Crippen LogP) is 0.774. The number of nitrogens with zero attached hydrogens (tertiary/aromatic N) is 2. The molecule has 1 fully saturated rings. The SMILES string of the molecule is O=C(O)[C@H]1CCCCN1C([O-])=NOCc1ccccc1. The maximum absolute atomic E-state index is 11.9. The Kier molecular flexibility index (Phi) is 4.81. The lowest BCUT2D eigenvalue weighted by Crippen LogP contribution is -2.52. The van der Waals surface area contributed by atoms with Crippen molar-refractivity contribution in [2.45, 2.75) is 31.9 Å². The summed E-state index contributed by atoms with van der Waals surface area (Å²) in [4.78, 5) is 17.4. The normalized spacial score (nSPS) is 19.7. The van der Waals surface area contributed by atoms with Crippen LogP contribution in [0.25, 0.3) is 0 Å². The molecule has 0 unspecified atom stereocenters. The van der Waals surface area contributed by atoms with E-state index in [0.29, 0.717) is 13.0 Å². The first kappa shape index (κ1) is 14.2. The van der Waals surface area contributed by atoms with E-state index >= 15 is 0 Å². The summed E-state index contributed by atoms with van der Waals surface area (Å²) in [6.45, 7) is 0.603. The van der Waals surface area contributed by atoms with Crippen molar-refractivity contribution < 1.29 is 19.8 Å². The van der Waals surface area contributed by atoms with Gasteiger partial charge in [0.05, 0.1) is 6.02 Å². The van der Waals surface area contributed by atoms with Gasteiger partial charge in [0.2, 0.25) is 0 Å². The standard InChI is InChI=1S/C14H18N2O4/c17-13(18)12-8-4-5-9-16(12)14(19)15-20-10-11-6-2-1-3-7-11/h1-3,6-7,12H,4-5,8-10H2,(H,15,19)(H,17,18)/p-1/t12-/m1/s1. The van der Waals surface area contributed by atoms with Crippen LogP contribution in [0.3, 0.4) is 0 Å². The Balaban J connectivity index is 1.93. The van der Waals surface area contributed by atoms with Gasteiger partial charge in [0.25, 0.3) is 0 Å². The van der Waals surface area contributed by atoms with Crippen LogP contribution in [-0.2, 0) is 16.2 Å².